The van der Waals surface area contributed by atoms with E-state index < -0.39 is 23.8 Å². The Morgan fingerprint density at radius 2 is 1.29 bits per heavy atom. The Kier molecular flexibility index (Phi) is 3.64. The molecule has 0 aromatic rings. The van der Waals surface area contributed by atoms with Gasteiger partial charge in [-0.25, -0.2) is 13.2 Å². The minimum Gasteiger partial charge on any atom is -0.222 e. The van der Waals surface area contributed by atoms with Crippen molar-refractivity contribution in [1.82, 2.24) is 0 Å². The topological polar surface area (TPSA) is 0 Å². The van der Waals surface area contributed by atoms with Gasteiger partial charge in [0.2, 0.25) is 0 Å². The minimum absolute atomic E-state index is 0.106. The Morgan fingerprint density at radius 1 is 0.929 bits per heavy atom. The highest BCUT2D eigenvalue weighted by Crippen LogP contribution is 2.44. The minimum atomic E-state index is -5.59. The van der Waals surface area contributed by atoms with Gasteiger partial charge in [-0.2, -0.15) is 13.2 Å². The molecule has 0 aliphatic heterocycles. The number of rotatable bonds is 2. The van der Waals surface area contributed by atoms with Crippen molar-refractivity contribution in [3.05, 3.63) is 11.1 Å². The van der Waals surface area contributed by atoms with Crippen molar-refractivity contribution < 1.29 is 26.3 Å². The van der Waals surface area contributed by atoms with Crippen LogP contribution >= 0.6 is 0 Å². The summed E-state index contributed by atoms with van der Waals surface area (Å²) in [4.78, 5) is 0. The van der Waals surface area contributed by atoms with Crippen LogP contribution in [0.1, 0.15) is 20.8 Å². The van der Waals surface area contributed by atoms with Gasteiger partial charge < -0.3 is 0 Å². The van der Waals surface area contributed by atoms with E-state index in [1.807, 2.05) is 0 Å². The summed E-state index contributed by atoms with van der Waals surface area (Å²) in [5.74, 6) is 0. The molecule has 0 heterocycles. The second-order valence-corrected chi connectivity index (χ2v) is 3.14. The fourth-order valence-electron chi connectivity index (χ4n) is 0.864. The molecule has 0 aliphatic carbocycles. The molecule has 0 radical (unpaired) electrons. The summed E-state index contributed by atoms with van der Waals surface area (Å²) in [6, 6.07) is 0. The highest BCUT2D eigenvalue weighted by atomic mass is 19.4. The quantitative estimate of drug-likeness (QED) is 0.489. The number of allylic oxidation sites excluding steroid dienone is 2. The summed E-state index contributed by atoms with van der Waals surface area (Å²) < 4.78 is 73.5. The lowest BCUT2D eigenvalue weighted by Crippen LogP contribution is -2.48. The van der Waals surface area contributed by atoms with E-state index in [2.05, 4.69) is 0 Å². The molecule has 0 amide bonds. The van der Waals surface area contributed by atoms with Crippen molar-refractivity contribution in [3.8, 4) is 0 Å². The lowest BCUT2D eigenvalue weighted by molar-refractivity contribution is -0.252. The fourth-order valence-corrected chi connectivity index (χ4v) is 0.864. The van der Waals surface area contributed by atoms with Crippen LogP contribution < -0.4 is 0 Å². The normalized spacial score (nSPS) is 16.7. The monoisotopic (exact) mass is 220 g/mol. The maximum atomic E-state index is 13.1. The van der Waals surface area contributed by atoms with Gasteiger partial charge in [0, 0.05) is 0 Å². The molecule has 1 unspecified atom stereocenters. The Bertz CT molecular complexity index is 235. The molecule has 1 atom stereocenters. The van der Waals surface area contributed by atoms with Crippen LogP contribution in [0.25, 0.3) is 0 Å². The SMILES string of the molecule is CC(C)=C(C)C(F)(C(F)F)C(F)(F)F. The van der Waals surface area contributed by atoms with Crippen LogP contribution in [0.5, 0.6) is 0 Å². The predicted octanol–water partition coefficient (Wildman–Crippen LogP) is 3.88. The van der Waals surface area contributed by atoms with E-state index in [0.717, 1.165) is 20.8 Å². The van der Waals surface area contributed by atoms with Crippen molar-refractivity contribution in [1.29, 1.82) is 0 Å². The van der Waals surface area contributed by atoms with Crippen molar-refractivity contribution in [3.63, 3.8) is 0 Å². The zero-order chi connectivity index (χ0) is 11.7. The third-order valence-corrected chi connectivity index (χ3v) is 2.01. The summed E-state index contributed by atoms with van der Waals surface area (Å²) in [5, 5.41) is 0. The standard InChI is InChI=1S/C8H10F6/c1-4(2)5(3)7(11,6(9)10)8(12,13)14/h6H,1-3H3. The average molecular weight is 220 g/mol. The van der Waals surface area contributed by atoms with Gasteiger partial charge in [-0.05, 0) is 26.3 Å². The van der Waals surface area contributed by atoms with Crippen LogP contribution in [0.2, 0.25) is 0 Å². The fraction of sp³-hybridized carbons (Fsp3) is 0.750. The largest absolute Gasteiger partial charge is 0.432 e. The summed E-state index contributed by atoms with van der Waals surface area (Å²) >= 11 is 0. The van der Waals surface area contributed by atoms with Gasteiger partial charge in [0.15, 0.2) is 0 Å². The Labute approximate surface area is 77.6 Å². The lowest BCUT2D eigenvalue weighted by Gasteiger charge is -2.28. The molecular weight excluding hydrogens is 210 g/mol. The number of alkyl halides is 6. The molecule has 0 nitrogen and oxygen atoms in total. The van der Waals surface area contributed by atoms with E-state index in [0.29, 0.717) is 0 Å². The average Bonchev–Trinajstić information content (AvgIpc) is 1.98. The molecule has 0 bridgehead atoms. The number of halogens is 6. The molecule has 84 valence electrons. The van der Waals surface area contributed by atoms with Crippen LogP contribution in [0.3, 0.4) is 0 Å². The zero-order valence-electron chi connectivity index (χ0n) is 7.85. The van der Waals surface area contributed by atoms with Crippen molar-refractivity contribution in [2.45, 2.75) is 39.0 Å². The molecule has 0 aromatic heterocycles. The van der Waals surface area contributed by atoms with Gasteiger partial charge in [0.05, 0.1) is 0 Å². The molecular formula is C8H10F6. The molecule has 6 heteroatoms. The summed E-state index contributed by atoms with van der Waals surface area (Å²) in [6.07, 6.45) is -9.71. The van der Waals surface area contributed by atoms with Crippen LogP contribution in [-0.2, 0) is 0 Å². The summed E-state index contributed by atoms with van der Waals surface area (Å²) in [5.41, 5.74) is -5.63. The Balaban J connectivity index is 5.47. The van der Waals surface area contributed by atoms with Gasteiger partial charge >= 0.3 is 6.18 Å². The molecule has 0 rings (SSSR count). The smallest absolute Gasteiger partial charge is 0.222 e. The van der Waals surface area contributed by atoms with Crippen LogP contribution in [0, 0.1) is 0 Å². The first-order valence-corrected chi connectivity index (χ1v) is 3.73. The Hall–Kier alpha value is -0.680. The van der Waals surface area contributed by atoms with Crippen LogP contribution in [0.15, 0.2) is 11.1 Å². The third kappa shape index (κ3) is 2.04. The maximum Gasteiger partial charge on any atom is 0.432 e. The lowest BCUT2D eigenvalue weighted by atomic mass is 9.93. The van der Waals surface area contributed by atoms with E-state index >= 15 is 0 Å². The van der Waals surface area contributed by atoms with Gasteiger partial charge in [-0.1, -0.05) is 5.57 Å². The van der Waals surface area contributed by atoms with Crippen molar-refractivity contribution in [2.24, 2.45) is 0 Å². The van der Waals surface area contributed by atoms with Crippen molar-refractivity contribution >= 4 is 0 Å². The third-order valence-electron chi connectivity index (χ3n) is 2.01. The molecule has 0 saturated carbocycles. The van der Waals surface area contributed by atoms with E-state index in [1.165, 1.54) is 0 Å². The second kappa shape index (κ2) is 3.82. The van der Waals surface area contributed by atoms with Gasteiger partial charge in [0.25, 0.3) is 12.1 Å². The van der Waals surface area contributed by atoms with Crippen LogP contribution in [0.4, 0.5) is 26.3 Å². The van der Waals surface area contributed by atoms with Crippen LogP contribution in [-0.4, -0.2) is 18.3 Å². The maximum absolute atomic E-state index is 13.1. The summed E-state index contributed by atoms with van der Waals surface area (Å²) in [6.45, 7) is 3.02. The molecule has 0 aromatic carbocycles. The number of hydrogen-bond acceptors (Lipinski definition) is 0. The summed E-state index contributed by atoms with van der Waals surface area (Å²) in [7, 11) is 0. The molecule has 0 N–H and O–H groups in total. The first-order valence-electron chi connectivity index (χ1n) is 3.73. The van der Waals surface area contributed by atoms with Crippen molar-refractivity contribution in [2.75, 3.05) is 0 Å². The molecule has 0 saturated heterocycles. The molecule has 0 aliphatic rings. The Morgan fingerprint density at radius 3 is 1.36 bits per heavy atom. The molecule has 0 spiro atoms. The first-order chi connectivity index (χ1) is 6.05. The van der Waals surface area contributed by atoms with E-state index in [-0.39, 0.29) is 5.57 Å². The highest BCUT2D eigenvalue weighted by Gasteiger charge is 2.64. The molecule has 14 heavy (non-hydrogen) atoms. The zero-order valence-corrected chi connectivity index (χ0v) is 7.85. The van der Waals surface area contributed by atoms with E-state index in [1.54, 1.807) is 0 Å². The second-order valence-electron chi connectivity index (χ2n) is 3.14. The van der Waals surface area contributed by atoms with E-state index in [9.17, 15) is 26.3 Å². The number of hydrogen-bond donors (Lipinski definition) is 0. The van der Waals surface area contributed by atoms with Gasteiger partial charge in [-0.15, -0.1) is 0 Å². The molecule has 0 fully saturated rings. The van der Waals surface area contributed by atoms with Gasteiger partial charge in [-0.3, -0.25) is 0 Å². The van der Waals surface area contributed by atoms with Gasteiger partial charge in [0.1, 0.15) is 0 Å². The van der Waals surface area contributed by atoms with E-state index in [4.69, 9.17) is 0 Å². The first kappa shape index (κ1) is 13.3. The predicted molar refractivity (Wildman–Crippen MR) is 39.9 cm³/mol. The highest BCUT2D eigenvalue weighted by molar-refractivity contribution is 5.23.